The van der Waals surface area contributed by atoms with Crippen LogP contribution < -0.4 is 9.67 Å². The molecule has 0 radical (unpaired) electrons. The summed E-state index contributed by atoms with van der Waals surface area (Å²) in [6, 6.07) is 0. The average Bonchev–Trinajstić information content (AvgIpc) is 2.48. The topological polar surface area (TPSA) is 48.9 Å². The second-order valence-electron chi connectivity index (χ2n) is 2.97. The van der Waals surface area contributed by atoms with Crippen molar-refractivity contribution in [1.82, 2.24) is 4.57 Å². The summed E-state index contributed by atoms with van der Waals surface area (Å²) in [6.07, 6.45) is 4.27. The van der Waals surface area contributed by atoms with Crippen molar-refractivity contribution in [2.24, 2.45) is 7.05 Å². The van der Waals surface area contributed by atoms with Gasteiger partial charge in [0, 0.05) is 12.9 Å². The van der Waals surface area contributed by atoms with Gasteiger partial charge in [-0.05, 0) is 13.3 Å². The molecule has 80 valence electrons. The molecule has 1 aromatic rings. The Morgan fingerprint density at radius 2 is 2.07 bits per heavy atom. The lowest BCUT2D eigenvalue weighted by molar-refractivity contribution is -0.677. The molecule has 1 rings (SSSR count). The van der Waals surface area contributed by atoms with E-state index in [2.05, 4.69) is 42.4 Å². The van der Waals surface area contributed by atoms with E-state index < -0.39 is 5.97 Å². The molecule has 0 saturated carbocycles. The highest BCUT2D eigenvalue weighted by Gasteiger charge is 2.03. The molecule has 0 aromatic carbocycles. The standard InChI is InChI=1S/C7H13N2.C3H6O2/c1-4-9-6-5-8(3)7(9)2;1-2-3(4)5/h5-6H,4H2,1-3H3;2H2,1H3,(H,4,5)/q+1;/p-1. The van der Waals surface area contributed by atoms with E-state index in [9.17, 15) is 9.90 Å². The Morgan fingerprint density at radius 3 is 2.21 bits per heavy atom. The Kier molecular flexibility index (Phi) is 5.60. The van der Waals surface area contributed by atoms with Crippen LogP contribution in [0.2, 0.25) is 0 Å². The first-order valence-corrected chi connectivity index (χ1v) is 4.74. The van der Waals surface area contributed by atoms with Crippen molar-refractivity contribution in [3.8, 4) is 0 Å². The minimum atomic E-state index is -0.995. The Labute approximate surface area is 84.8 Å². The fraction of sp³-hybridized carbons (Fsp3) is 0.600. The first-order valence-electron chi connectivity index (χ1n) is 4.74. The largest absolute Gasteiger partial charge is 0.550 e. The highest BCUT2D eigenvalue weighted by Crippen LogP contribution is 1.89. The molecule has 14 heavy (non-hydrogen) atoms. The van der Waals surface area contributed by atoms with E-state index in [1.807, 2.05) is 0 Å². The van der Waals surface area contributed by atoms with Crippen LogP contribution in [0.4, 0.5) is 0 Å². The summed E-state index contributed by atoms with van der Waals surface area (Å²) in [5.41, 5.74) is 0. The van der Waals surface area contributed by atoms with E-state index in [0.717, 1.165) is 6.54 Å². The van der Waals surface area contributed by atoms with E-state index >= 15 is 0 Å². The Bertz CT molecular complexity index is 292. The number of aliphatic carboxylic acids is 1. The molecular formula is C10H18N2O2. The smallest absolute Gasteiger partial charge is 0.252 e. The zero-order valence-corrected chi connectivity index (χ0v) is 9.28. The molecule has 4 nitrogen and oxygen atoms in total. The number of carboxylic acids is 1. The summed E-state index contributed by atoms with van der Waals surface area (Å²) in [5.74, 6) is 0.308. The summed E-state index contributed by atoms with van der Waals surface area (Å²) in [6.45, 7) is 6.86. The number of hydrogen-bond donors (Lipinski definition) is 0. The van der Waals surface area contributed by atoms with Gasteiger partial charge in [0.25, 0.3) is 5.82 Å². The Morgan fingerprint density at radius 1 is 1.57 bits per heavy atom. The number of nitrogens with zero attached hydrogens (tertiary/aromatic N) is 2. The second kappa shape index (κ2) is 6.18. The summed E-state index contributed by atoms with van der Waals surface area (Å²) < 4.78 is 4.32. The molecule has 0 N–H and O–H groups in total. The molecule has 0 spiro atoms. The Hall–Kier alpha value is -1.32. The van der Waals surface area contributed by atoms with Crippen LogP contribution in [0.3, 0.4) is 0 Å². The third kappa shape index (κ3) is 4.07. The van der Waals surface area contributed by atoms with Gasteiger partial charge in [-0.25, -0.2) is 9.13 Å². The quantitative estimate of drug-likeness (QED) is 0.617. The molecule has 0 fully saturated rings. The maximum atomic E-state index is 9.26. The fourth-order valence-corrected chi connectivity index (χ4v) is 0.933. The normalized spacial score (nSPS) is 9.14. The zero-order chi connectivity index (χ0) is 11.1. The van der Waals surface area contributed by atoms with Crippen molar-refractivity contribution >= 4 is 5.97 Å². The summed E-state index contributed by atoms with van der Waals surface area (Å²) in [5, 5.41) is 9.26. The van der Waals surface area contributed by atoms with Gasteiger partial charge in [-0.1, -0.05) is 6.92 Å². The lowest BCUT2D eigenvalue weighted by Gasteiger charge is -1.90. The Balaban J connectivity index is 0.000000292. The fourth-order valence-electron chi connectivity index (χ4n) is 0.933. The van der Waals surface area contributed by atoms with Gasteiger partial charge >= 0.3 is 0 Å². The summed E-state index contributed by atoms with van der Waals surface area (Å²) in [7, 11) is 2.06. The van der Waals surface area contributed by atoms with Crippen molar-refractivity contribution in [2.75, 3.05) is 0 Å². The van der Waals surface area contributed by atoms with Crippen LogP contribution in [0.1, 0.15) is 26.1 Å². The van der Waals surface area contributed by atoms with Crippen molar-refractivity contribution in [3.05, 3.63) is 18.2 Å². The van der Waals surface area contributed by atoms with E-state index in [0.29, 0.717) is 0 Å². The predicted molar refractivity (Wildman–Crippen MR) is 51.3 cm³/mol. The number of aryl methyl sites for hydroxylation is 2. The van der Waals surface area contributed by atoms with Gasteiger partial charge in [-0.3, -0.25) is 0 Å². The van der Waals surface area contributed by atoms with Crippen LogP contribution in [0, 0.1) is 6.92 Å². The molecule has 0 aliphatic carbocycles. The van der Waals surface area contributed by atoms with Crippen LogP contribution in [0.25, 0.3) is 0 Å². The maximum absolute atomic E-state index is 9.26. The highest BCUT2D eigenvalue weighted by atomic mass is 16.4. The molecule has 0 saturated heterocycles. The number of imidazole rings is 1. The van der Waals surface area contributed by atoms with E-state index in [-0.39, 0.29) is 6.42 Å². The molecule has 0 atom stereocenters. The van der Waals surface area contributed by atoms with Gasteiger partial charge < -0.3 is 9.90 Å². The van der Waals surface area contributed by atoms with Gasteiger partial charge in [-0.2, -0.15) is 0 Å². The molecular weight excluding hydrogens is 180 g/mol. The number of hydrogen-bond acceptors (Lipinski definition) is 2. The molecule has 1 aromatic heterocycles. The lowest BCUT2D eigenvalue weighted by Crippen LogP contribution is -2.29. The zero-order valence-electron chi connectivity index (χ0n) is 9.28. The summed E-state index contributed by atoms with van der Waals surface area (Å²) >= 11 is 0. The monoisotopic (exact) mass is 198 g/mol. The first-order chi connectivity index (χ1) is 6.52. The van der Waals surface area contributed by atoms with Crippen molar-refractivity contribution in [1.29, 1.82) is 0 Å². The van der Waals surface area contributed by atoms with Crippen molar-refractivity contribution in [2.45, 2.75) is 33.7 Å². The van der Waals surface area contributed by atoms with Crippen LogP contribution in [-0.4, -0.2) is 10.5 Å². The molecule has 0 aliphatic rings. The molecule has 0 unspecified atom stereocenters. The average molecular weight is 198 g/mol. The first kappa shape index (κ1) is 12.7. The number of carbonyl (C=O) groups excluding carboxylic acids is 1. The van der Waals surface area contributed by atoms with E-state index in [4.69, 9.17) is 0 Å². The molecule has 1 heterocycles. The molecule has 0 bridgehead atoms. The van der Waals surface area contributed by atoms with Crippen molar-refractivity contribution in [3.63, 3.8) is 0 Å². The van der Waals surface area contributed by atoms with Crippen LogP contribution in [0.15, 0.2) is 12.4 Å². The van der Waals surface area contributed by atoms with E-state index in [1.54, 1.807) is 0 Å². The van der Waals surface area contributed by atoms with Crippen LogP contribution in [-0.2, 0) is 18.4 Å². The lowest BCUT2D eigenvalue weighted by atomic mass is 10.5. The van der Waals surface area contributed by atoms with Crippen LogP contribution >= 0.6 is 0 Å². The molecule has 0 amide bonds. The third-order valence-electron chi connectivity index (χ3n) is 2.03. The summed E-state index contributed by atoms with van der Waals surface area (Å²) in [4.78, 5) is 9.26. The number of carboxylic acid groups (broad SMARTS) is 1. The highest BCUT2D eigenvalue weighted by molar-refractivity contribution is 5.63. The van der Waals surface area contributed by atoms with E-state index in [1.165, 1.54) is 12.7 Å². The number of rotatable bonds is 2. The molecule has 0 aliphatic heterocycles. The minimum Gasteiger partial charge on any atom is -0.550 e. The SMILES string of the molecule is CCC(=O)[O-].CCn1cc[n+](C)c1C. The van der Waals surface area contributed by atoms with Crippen LogP contribution in [0.5, 0.6) is 0 Å². The van der Waals surface area contributed by atoms with Gasteiger partial charge in [0.05, 0.1) is 13.6 Å². The van der Waals surface area contributed by atoms with Gasteiger partial charge in [-0.15, -0.1) is 0 Å². The minimum absolute atomic E-state index is 0.111. The van der Waals surface area contributed by atoms with Gasteiger partial charge in [0.15, 0.2) is 0 Å². The van der Waals surface area contributed by atoms with Crippen molar-refractivity contribution < 1.29 is 14.5 Å². The number of aromatic nitrogens is 2. The molecule has 4 heteroatoms. The van der Waals surface area contributed by atoms with Gasteiger partial charge in [0.1, 0.15) is 12.4 Å². The maximum Gasteiger partial charge on any atom is 0.252 e. The van der Waals surface area contributed by atoms with Gasteiger partial charge in [0.2, 0.25) is 0 Å². The third-order valence-corrected chi connectivity index (χ3v) is 2.03. The predicted octanol–water partition coefficient (Wildman–Crippen LogP) is -0.213. The second-order valence-corrected chi connectivity index (χ2v) is 2.97. The number of carbonyl (C=O) groups is 1.